The fourth-order valence-corrected chi connectivity index (χ4v) is 5.76. The largest absolute Gasteiger partial charge is 1.00 e. The molecular formula is C40H42N4NaO8+. The summed E-state index contributed by atoms with van der Waals surface area (Å²) in [6.07, 6.45) is 3.58. The van der Waals surface area contributed by atoms with Gasteiger partial charge in [0.15, 0.2) is 34.5 Å². The number of aromatic nitrogens is 4. The first kappa shape index (κ1) is 40.2. The number of carbonyl (C=O) groups excluding carboxylic acids is 2. The minimum atomic E-state index is -0.263. The van der Waals surface area contributed by atoms with Gasteiger partial charge in [-0.25, -0.2) is 14.1 Å². The topological polar surface area (TPSA) is 127 Å². The zero-order chi connectivity index (χ0) is 37.4. The van der Waals surface area contributed by atoms with Gasteiger partial charge in [-0.15, -0.1) is 0 Å². The van der Waals surface area contributed by atoms with Crippen molar-refractivity contribution >= 4 is 11.6 Å². The van der Waals surface area contributed by atoms with Gasteiger partial charge in [-0.2, -0.15) is 0 Å². The first-order chi connectivity index (χ1) is 25.2. The summed E-state index contributed by atoms with van der Waals surface area (Å²) in [5.41, 5.74) is 4.58. The zero-order valence-electron chi connectivity index (χ0n) is 32.3. The van der Waals surface area contributed by atoms with Crippen LogP contribution in [-0.4, -0.2) is 68.8 Å². The molecule has 12 nitrogen and oxygen atoms in total. The van der Waals surface area contributed by atoms with Crippen LogP contribution in [0.5, 0.6) is 34.5 Å². The molecule has 0 fully saturated rings. The van der Waals surface area contributed by atoms with E-state index in [1.165, 1.54) is 42.7 Å². The summed E-state index contributed by atoms with van der Waals surface area (Å²) >= 11 is 0. The Balaban J connectivity index is 0.000000281. The summed E-state index contributed by atoms with van der Waals surface area (Å²) in [6.45, 7) is 0. The maximum absolute atomic E-state index is 13.3. The van der Waals surface area contributed by atoms with Gasteiger partial charge in [0.2, 0.25) is 17.3 Å². The fraction of sp³-hybridized carbons (Fsp3) is 0.200. The van der Waals surface area contributed by atoms with Gasteiger partial charge in [0.1, 0.15) is 6.20 Å². The van der Waals surface area contributed by atoms with Gasteiger partial charge in [0.05, 0.1) is 68.6 Å². The Morgan fingerprint density at radius 3 is 1.53 bits per heavy atom. The van der Waals surface area contributed by atoms with Crippen LogP contribution in [0.2, 0.25) is 0 Å². The number of carbonyl (C=O) groups is 2. The number of ketones is 2. The van der Waals surface area contributed by atoms with Crippen LogP contribution < -0.4 is 62.5 Å². The first-order valence-corrected chi connectivity index (χ1v) is 16.1. The van der Waals surface area contributed by atoms with Crippen LogP contribution in [-0.2, 0) is 14.1 Å². The molecule has 0 atom stereocenters. The van der Waals surface area contributed by atoms with E-state index in [4.69, 9.17) is 28.4 Å². The number of aromatic amines is 1. The SMILES string of the molecule is COc1cc(C(=O)c2n(C)c(-c3ccccc3)c[n+]2C)cc(OC)c1OC.COc1cc(C(=O)c2ncc(-c3ccccc3)[nH]2)cc(OC)c1OC.[H-].[Na+]. The molecule has 0 unspecified atom stereocenters. The Morgan fingerprint density at radius 1 is 0.660 bits per heavy atom. The Kier molecular flexibility index (Phi) is 13.9. The molecular weight excluding hydrogens is 687 g/mol. The third-order valence-electron chi connectivity index (χ3n) is 8.33. The van der Waals surface area contributed by atoms with E-state index in [1.807, 2.05) is 90.1 Å². The molecule has 0 spiro atoms. The van der Waals surface area contributed by atoms with Crippen LogP contribution in [0.15, 0.2) is 97.3 Å². The molecule has 6 aromatic rings. The van der Waals surface area contributed by atoms with Crippen LogP contribution in [0.1, 0.15) is 33.8 Å². The summed E-state index contributed by atoms with van der Waals surface area (Å²) in [5, 5.41) is 0. The van der Waals surface area contributed by atoms with Crippen molar-refractivity contribution in [3.05, 3.63) is 120 Å². The fourth-order valence-electron chi connectivity index (χ4n) is 5.76. The minimum absolute atomic E-state index is 0. The molecule has 0 amide bonds. The molecule has 2 aromatic heterocycles. The number of ether oxygens (including phenoxy) is 6. The molecule has 6 rings (SSSR count). The number of benzene rings is 4. The van der Waals surface area contributed by atoms with Crippen LogP contribution in [0, 0.1) is 0 Å². The molecule has 1 N–H and O–H groups in total. The normalized spacial score (nSPS) is 10.3. The second-order valence-electron chi connectivity index (χ2n) is 11.4. The second-order valence-corrected chi connectivity index (χ2v) is 11.4. The second kappa shape index (κ2) is 18.3. The van der Waals surface area contributed by atoms with Gasteiger partial charge in [-0.3, -0.25) is 9.59 Å². The van der Waals surface area contributed by atoms with E-state index in [1.54, 1.807) is 30.5 Å². The first-order valence-electron chi connectivity index (χ1n) is 16.1. The van der Waals surface area contributed by atoms with E-state index >= 15 is 0 Å². The van der Waals surface area contributed by atoms with Gasteiger partial charge in [-0.1, -0.05) is 60.7 Å². The maximum atomic E-state index is 13.3. The van der Waals surface area contributed by atoms with Gasteiger partial charge >= 0.3 is 35.4 Å². The molecule has 270 valence electrons. The summed E-state index contributed by atoms with van der Waals surface area (Å²) < 4.78 is 35.7. The number of H-pyrrole nitrogens is 1. The number of aryl methyl sites for hydroxylation is 1. The number of hydrogen-bond donors (Lipinski definition) is 1. The van der Waals surface area contributed by atoms with Gasteiger partial charge in [0.25, 0.3) is 5.78 Å². The molecule has 0 radical (unpaired) electrons. The minimum Gasteiger partial charge on any atom is -1.00 e. The number of nitrogens with one attached hydrogen (secondary N) is 1. The van der Waals surface area contributed by atoms with Crippen LogP contribution in [0.4, 0.5) is 0 Å². The van der Waals surface area contributed by atoms with E-state index in [2.05, 4.69) is 9.97 Å². The Morgan fingerprint density at radius 2 is 1.09 bits per heavy atom. The van der Waals surface area contributed by atoms with E-state index in [-0.39, 0.29) is 48.4 Å². The van der Waals surface area contributed by atoms with Crippen LogP contribution in [0.3, 0.4) is 0 Å². The van der Waals surface area contributed by atoms with Crippen LogP contribution >= 0.6 is 0 Å². The molecule has 53 heavy (non-hydrogen) atoms. The molecule has 0 saturated carbocycles. The van der Waals surface area contributed by atoms with Crippen molar-refractivity contribution in [2.45, 2.75) is 0 Å². The average molecular weight is 730 g/mol. The van der Waals surface area contributed by atoms with Crippen molar-refractivity contribution in [3.63, 3.8) is 0 Å². The van der Waals surface area contributed by atoms with Gasteiger partial charge in [0, 0.05) is 16.7 Å². The number of imidazole rings is 2. The molecule has 0 aliphatic rings. The van der Waals surface area contributed by atoms with E-state index in [0.29, 0.717) is 51.4 Å². The monoisotopic (exact) mass is 729 g/mol. The van der Waals surface area contributed by atoms with Crippen molar-refractivity contribution < 1.29 is 73.6 Å². The Hall–Kier alpha value is -5.56. The number of hydrogen-bond acceptors (Lipinski definition) is 9. The third-order valence-corrected chi connectivity index (χ3v) is 8.33. The molecule has 0 aliphatic carbocycles. The van der Waals surface area contributed by atoms with Crippen molar-refractivity contribution in [1.29, 1.82) is 0 Å². The number of nitrogens with zero attached hydrogens (tertiary/aromatic N) is 3. The van der Waals surface area contributed by atoms with Crippen molar-refractivity contribution in [1.82, 2.24) is 14.5 Å². The van der Waals surface area contributed by atoms with Crippen LogP contribution in [0.25, 0.3) is 22.5 Å². The molecule has 4 aromatic carbocycles. The van der Waals surface area contributed by atoms with Gasteiger partial charge < -0.3 is 34.8 Å². The quantitative estimate of drug-likeness (QED) is 0.115. The predicted molar refractivity (Wildman–Crippen MR) is 196 cm³/mol. The van der Waals surface area contributed by atoms with Gasteiger partial charge in [-0.05, 0) is 29.8 Å². The zero-order valence-corrected chi connectivity index (χ0v) is 33.3. The average Bonchev–Trinajstić information content (AvgIpc) is 3.81. The summed E-state index contributed by atoms with van der Waals surface area (Å²) in [4.78, 5) is 33.3. The standard InChI is InChI=1S/C21H23N2O4.C19H18N2O4.Na.H/c1-22-13-16(14-9-7-6-8-10-14)23(2)21(22)19(24)15-11-17(25-3)20(27-5)18(12-15)26-4;1-23-15-9-13(10-16(24-2)18(15)25-3)17(22)19-20-11-14(21-19)12-7-5-4-6-8-12;;/h6-13H,1-5H3;4-11H,1-3H3,(H,20,21);;/q+1;;+1;-1. The molecule has 13 heteroatoms. The number of rotatable bonds is 12. The smallest absolute Gasteiger partial charge is 1.00 e. The molecule has 0 aliphatic heterocycles. The van der Waals surface area contributed by atoms with Crippen molar-refractivity contribution in [2.24, 2.45) is 14.1 Å². The van der Waals surface area contributed by atoms with E-state index < -0.39 is 0 Å². The Bertz CT molecular complexity index is 2140. The van der Waals surface area contributed by atoms with E-state index in [0.717, 1.165) is 22.5 Å². The molecule has 0 saturated heterocycles. The molecule has 2 heterocycles. The van der Waals surface area contributed by atoms with Crippen molar-refractivity contribution in [2.75, 3.05) is 42.7 Å². The van der Waals surface area contributed by atoms with E-state index in [9.17, 15) is 9.59 Å². The predicted octanol–water partition coefficient (Wildman–Crippen LogP) is 3.22. The summed E-state index contributed by atoms with van der Waals surface area (Å²) in [5.74, 6) is 3.00. The third kappa shape index (κ3) is 8.57. The Labute approximate surface area is 332 Å². The summed E-state index contributed by atoms with van der Waals surface area (Å²) in [7, 11) is 12.9. The molecule has 0 bridgehead atoms. The number of methoxy groups -OCH3 is 6. The van der Waals surface area contributed by atoms with Crippen molar-refractivity contribution in [3.8, 4) is 57.0 Å². The maximum Gasteiger partial charge on any atom is 1.00 e. The summed E-state index contributed by atoms with van der Waals surface area (Å²) in [6, 6.07) is 26.2.